The Balaban J connectivity index is 2.51. The second kappa shape index (κ2) is 4.09. The maximum absolute atomic E-state index is 11.8. The number of imide groups is 1. The quantitative estimate of drug-likeness (QED) is 0.548. The van der Waals surface area contributed by atoms with Crippen LogP contribution in [0, 0.1) is 0 Å². The highest BCUT2D eigenvalue weighted by molar-refractivity contribution is 6.32. The van der Waals surface area contributed by atoms with Crippen molar-refractivity contribution in [3.63, 3.8) is 0 Å². The Labute approximate surface area is 108 Å². The molecule has 3 N–H and O–H groups in total. The average molecular weight is 270 g/mol. The van der Waals surface area contributed by atoms with E-state index in [1.165, 1.54) is 11.2 Å². The number of piperazine rings is 1. The molecule has 2 amide bonds. The molecule has 0 unspecified atom stereocenters. The van der Waals surface area contributed by atoms with Gasteiger partial charge in [-0.25, -0.2) is 9.97 Å². The Hall–Kier alpha value is -1.89. The van der Waals surface area contributed by atoms with E-state index < -0.39 is 17.4 Å². The van der Waals surface area contributed by atoms with Gasteiger partial charge in [0.2, 0.25) is 5.91 Å². The fraction of sp³-hybridized carbons (Fsp3) is 0.400. The molecule has 8 heteroatoms. The molecule has 0 atom stereocenters. The normalized spacial score (nSPS) is 18.7. The summed E-state index contributed by atoms with van der Waals surface area (Å²) >= 11 is 5.81. The first-order valence-corrected chi connectivity index (χ1v) is 5.59. The van der Waals surface area contributed by atoms with E-state index in [9.17, 15) is 9.59 Å². The standard InChI is InChI=1S/C10H12ClN5O2/c1-10(2)9(18)15-5(17)3-16(10)8-6(12)7(11)13-4-14-8/h4H,3,12H2,1-2H3,(H,15,17,18). The van der Waals surface area contributed by atoms with Crippen molar-refractivity contribution < 1.29 is 9.59 Å². The van der Waals surface area contributed by atoms with Crippen LogP contribution in [-0.4, -0.2) is 33.9 Å². The number of carbonyl (C=O) groups excluding carboxylic acids is 2. The molecule has 18 heavy (non-hydrogen) atoms. The summed E-state index contributed by atoms with van der Waals surface area (Å²) in [6.45, 7) is 3.32. The minimum Gasteiger partial charge on any atom is -0.393 e. The Morgan fingerprint density at radius 2 is 2.11 bits per heavy atom. The van der Waals surface area contributed by atoms with Crippen molar-refractivity contribution in [1.29, 1.82) is 0 Å². The highest BCUT2D eigenvalue weighted by Crippen LogP contribution is 2.31. The molecule has 0 radical (unpaired) electrons. The average Bonchev–Trinajstić information content (AvgIpc) is 2.28. The lowest BCUT2D eigenvalue weighted by atomic mass is 9.98. The molecule has 0 aliphatic carbocycles. The molecule has 1 aromatic heterocycles. The van der Waals surface area contributed by atoms with Gasteiger partial charge in [-0.2, -0.15) is 0 Å². The number of nitrogen functional groups attached to an aromatic ring is 1. The molecular formula is C10H12ClN5O2. The fourth-order valence-electron chi connectivity index (χ4n) is 1.70. The first-order chi connectivity index (χ1) is 8.34. The second-order valence-corrected chi connectivity index (χ2v) is 4.78. The third-order valence-electron chi connectivity index (χ3n) is 2.86. The number of hydrogen-bond acceptors (Lipinski definition) is 6. The van der Waals surface area contributed by atoms with Gasteiger partial charge in [0.05, 0.1) is 6.54 Å². The number of amides is 2. The molecule has 2 heterocycles. The lowest BCUT2D eigenvalue weighted by Gasteiger charge is -2.41. The van der Waals surface area contributed by atoms with Crippen molar-refractivity contribution in [2.45, 2.75) is 19.4 Å². The number of nitrogens with two attached hydrogens (primary N) is 1. The van der Waals surface area contributed by atoms with E-state index in [0.717, 1.165) is 0 Å². The number of nitrogens with zero attached hydrogens (tertiary/aromatic N) is 3. The van der Waals surface area contributed by atoms with E-state index in [1.54, 1.807) is 13.8 Å². The summed E-state index contributed by atoms with van der Waals surface area (Å²) < 4.78 is 0. The minimum absolute atomic E-state index is 0.0176. The fourth-order valence-corrected chi connectivity index (χ4v) is 1.83. The van der Waals surface area contributed by atoms with Crippen LogP contribution in [-0.2, 0) is 9.59 Å². The predicted octanol–water partition coefficient (Wildman–Crippen LogP) is -0.0464. The van der Waals surface area contributed by atoms with Crippen LogP contribution in [0.5, 0.6) is 0 Å². The van der Waals surface area contributed by atoms with Gasteiger partial charge in [0.25, 0.3) is 5.91 Å². The SMILES string of the molecule is CC1(C)C(=O)NC(=O)CN1c1ncnc(Cl)c1N. The van der Waals surface area contributed by atoms with Gasteiger partial charge in [-0.1, -0.05) is 11.6 Å². The molecule has 1 aliphatic rings. The van der Waals surface area contributed by atoms with Gasteiger partial charge < -0.3 is 10.6 Å². The first-order valence-electron chi connectivity index (χ1n) is 5.22. The number of hydrogen-bond donors (Lipinski definition) is 2. The summed E-state index contributed by atoms with van der Waals surface area (Å²) in [7, 11) is 0. The molecule has 0 aromatic carbocycles. The predicted molar refractivity (Wildman–Crippen MR) is 66.0 cm³/mol. The molecule has 96 valence electrons. The van der Waals surface area contributed by atoms with Crippen molar-refractivity contribution in [3.8, 4) is 0 Å². The third kappa shape index (κ3) is 1.86. The van der Waals surface area contributed by atoms with E-state index in [2.05, 4.69) is 15.3 Å². The maximum atomic E-state index is 11.8. The summed E-state index contributed by atoms with van der Waals surface area (Å²) in [5.74, 6) is -0.537. The van der Waals surface area contributed by atoms with Crippen molar-refractivity contribution in [2.75, 3.05) is 17.2 Å². The highest BCUT2D eigenvalue weighted by atomic mass is 35.5. The van der Waals surface area contributed by atoms with Gasteiger partial charge in [0, 0.05) is 0 Å². The molecule has 0 saturated carbocycles. The molecule has 0 spiro atoms. The van der Waals surface area contributed by atoms with Gasteiger partial charge in [-0.3, -0.25) is 14.9 Å². The van der Waals surface area contributed by atoms with Crippen molar-refractivity contribution in [2.24, 2.45) is 0 Å². The Morgan fingerprint density at radius 1 is 1.44 bits per heavy atom. The summed E-state index contributed by atoms with van der Waals surface area (Å²) in [6, 6.07) is 0. The van der Waals surface area contributed by atoms with Crippen LogP contribution in [0.2, 0.25) is 5.15 Å². The number of aromatic nitrogens is 2. The van der Waals surface area contributed by atoms with Gasteiger partial charge in [0.15, 0.2) is 11.0 Å². The first kappa shape index (κ1) is 12.6. The van der Waals surface area contributed by atoms with Crippen LogP contribution < -0.4 is 16.0 Å². The van der Waals surface area contributed by atoms with Crippen LogP contribution in [0.4, 0.5) is 11.5 Å². The molecule has 1 aliphatic heterocycles. The molecule has 1 aromatic rings. The van der Waals surface area contributed by atoms with E-state index in [-0.39, 0.29) is 23.2 Å². The van der Waals surface area contributed by atoms with Gasteiger partial charge >= 0.3 is 0 Å². The van der Waals surface area contributed by atoms with Gasteiger partial charge in [-0.05, 0) is 13.8 Å². The summed E-state index contributed by atoms with van der Waals surface area (Å²) in [5.41, 5.74) is 4.99. The van der Waals surface area contributed by atoms with Crippen molar-refractivity contribution >= 4 is 34.9 Å². The highest BCUT2D eigenvalue weighted by Gasteiger charge is 2.42. The third-order valence-corrected chi connectivity index (χ3v) is 3.16. The molecule has 1 fully saturated rings. The summed E-state index contributed by atoms with van der Waals surface area (Å²) in [5, 5.41) is 2.36. The number of anilines is 2. The van der Waals surface area contributed by atoms with Crippen LogP contribution in [0.1, 0.15) is 13.8 Å². The zero-order valence-electron chi connectivity index (χ0n) is 9.90. The second-order valence-electron chi connectivity index (χ2n) is 4.42. The lowest BCUT2D eigenvalue weighted by Crippen LogP contribution is -2.64. The van der Waals surface area contributed by atoms with E-state index >= 15 is 0 Å². The Kier molecular flexibility index (Phi) is 2.86. The summed E-state index contributed by atoms with van der Waals surface area (Å²) in [4.78, 5) is 32.5. The topological polar surface area (TPSA) is 101 Å². The number of rotatable bonds is 1. The maximum Gasteiger partial charge on any atom is 0.251 e. The Bertz CT molecular complexity index is 531. The smallest absolute Gasteiger partial charge is 0.251 e. The van der Waals surface area contributed by atoms with Crippen molar-refractivity contribution in [3.05, 3.63) is 11.5 Å². The van der Waals surface area contributed by atoms with E-state index in [4.69, 9.17) is 17.3 Å². The minimum atomic E-state index is -0.945. The van der Waals surface area contributed by atoms with E-state index in [0.29, 0.717) is 0 Å². The number of carbonyl (C=O) groups is 2. The lowest BCUT2D eigenvalue weighted by molar-refractivity contribution is -0.135. The summed E-state index contributed by atoms with van der Waals surface area (Å²) in [6.07, 6.45) is 1.24. The van der Waals surface area contributed by atoms with Gasteiger partial charge in [0.1, 0.15) is 17.6 Å². The van der Waals surface area contributed by atoms with Crippen LogP contribution in [0.15, 0.2) is 6.33 Å². The molecule has 7 nitrogen and oxygen atoms in total. The molecule has 0 bridgehead atoms. The zero-order valence-corrected chi connectivity index (χ0v) is 10.7. The van der Waals surface area contributed by atoms with Crippen LogP contribution in [0.25, 0.3) is 0 Å². The van der Waals surface area contributed by atoms with Gasteiger partial charge in [-0.15, -0.1) is 0 Å². The van der Waals surface area contributed by atoms with Crippen molar-refractivity contribution in [1.82, 2.24) is 15.3 Å². The zero-order chi connectivity index (χ0) is 13.5. The van der Waals surface area contributed by atoms with Crippen LogP contribution >= 0.6 is 11.6 Å². The number of halogens is 1. The number of nitrogens with one attached hydrogen (secondary N) is 1. The van der Waals surface area contributed by atoms with Crippen LogP contribution in [0.3, 0.4) is 0 Å². The largest absolute Gasteiger partial charge is 0.393 e. The van der Waals surface area contributed by atoms with E-state index in [1.807, 2.05) is 0 Å². The molecule has 1 saturated heterocycles. The molecule has 2 rings (SSSR count). The Morgan fingerprint density at radius 3 is 2.78 bits per heavy atom. The monoisotopic (exact) mass is 269 g/mol. The molecular weight excluding hydrogens is 258 g/mol.